The Kier molecular flexibility index (Phi) is 6.85. The first kappa shape index (κ1) is 17.5. The molecule has 0 saturated heterocycles. The number of aliphatic hydroxyl groups excluding tert-OH is 1. The molecular weight excluding hydrogens is 286 g/mol. The van der Waals surface area contributed by atoms with Gasteiger partial charge in [0.1, 0.15) is 11.8 Å². The van der Waals surface area contributed by atoms with Crippen LogP contribution in [0.4, 0.5) is 0 Å². The molecule has 1 aromatic carbocycles. The number of aliphatic hydroxyl groups is 1. The highest BCUT2D eigenvalue weighted by Gasteiger charge is 2.19. The first-order valence-corrected chi connectivity index (χ1v) is 6.70. The van der Waals surface area contributed by atoms with Gasteiger partial charge in [0.15, 0.2) is 0 Å². The molecular formula is C16H19NO5. The van der Waals surface area contributed by atoms with Crippen molar-refractivity contribution in [1.29, 1.82) is 0 Å². The average Bonchev–Trinajstić information content (AvgIpc) is 2.46. The first-order chi connectivity index (χ1) is 10.4. The van der Waals surface area contributed by atoms with E-state index in [1.807, 2.05) is 0 Å². The van der Waals surface area contributed by atoms with Gasteiger partial charge in [0.05, 0.1) is 6.61 Å². The van der Waals surface area contributed by atoms with Crippen molar-refractivity contribution >= 4 is 11.9 Å². The van der Waals surface area contributed by atoms with Crippen molar-refractivity contribution in [2.75, 3.05) is 6.61 Å². The van der Waals surface area contributed by atoms with Crippen molar-refractivity contribution in [1.82, 2.24) is 5.32 Å². The molecule has 0 unspecified atom stereocenters. The van der Waals surface area contributed by atoms with E-state index >= 15 is 0 Å². The third kappa shape index (κ3) is 5.80. The van der Waals surface area contributed by atoms with Gasteiger partial charge in [-0.3, -0.25) is 4.79 Å². The second-order valence-corrected chi connectivity index (χ2v) is 4.69. The number of carboxylic acid groups (broad SMARTS) is 1. The van der Waals surface area contributed by atoms with Gasteiger partial charge in [0.25, 0.3) is 0 Å². The summed E-state index contributed by atoms with van der Waals surface area (Å²) in [4.78, 5) is 22.9. The summed E-state index contributed by atoms with van der Waals surface area (Å²) in [6.45, 7) is 1.58. The van der Waals surface area contributed by atoms with Gasteiger partial charge in [-0.05, 0) is 24.1 Å². The minimum atomic E-state index is -1.14. The number of aromatic hydroxyl groups is 1. The van der Waals surface area contributed by atoms with Gasteiger partial charge < -0.3 is 20.6 Å². The van der Waals surface area contributed by atoms with Crippen molar-refractivity contribution < 1.29 is 24.9 Å². The molecule has 0 fully saturated rings. The number of rotatable bonds is 7. The van der Waals surface area contributed by atoms with E-state index < -0.39 is 17.9 Å². The number of benzene rings is 1. The number of hydrogen-bond acceptors (Lipinski definition) is 4. The molecule has 0 radical (unpaired) electrons. The Morgan fingerprint density at radius 1 is 1.32 bits per heavy atom. The maximum absolute atomic E-state index is 11.6. The Morgan fingerprint density at radius 3 is 2.64 bits per heavy atom. The molecule has 0 aliphatic rings. The Labute approximate surface area is 128 Å². The van der Waals surface area contributed by atoms with Crippen molar-refractivity contribution in [2.45, 2.75) is 19.4 Å². The molecule has 6 heteroatoms. The van der Waals surface area contributed by atoms with Gasteiger partial charge in [-0.15, -0.1) is 0 Å². The molecule has 4 N–H and O–H groups in total. The lowest BCUT2D eigenvalue weighted by atomic mass is 10.0. The SMILES string of the molecule is Cc1cc(C[C@H](NC(=O)/C=C/C=C/CO)C(=O)O)ccc1O. The standard InChI is InChI=1S/C16H19NO5/c1-11-9-12(6-7-14(11)19)10-13(16(21)22)17-15(20)5-3-2-4-8-18/h2-7,9,13,18-19H,8,10H2,1H3,(H,17,20)(H,21,22)/b4-2+,5-3+/t13-/m0/s1. The number of carbonyl (C=O) groups is 2. The number of nitrogens with one attached hydrogen (secondary N) is 1. The highest BCUT2D eigenvalue weighted by Crippen LogP contribution is 2.18. The van der Waals surface area contributed by atoms with E-state index in [0.29, 0.717) is 11.1 Å². The second-order valence-electron chi connectivity index (χ2n) is 4.69. The molecule has 1 aromatic rings. The molecule has 22 heavy (non-hydrogen) atoms. The largest absolute Gasteiger partial charge is 0.508 e. The average molecular weight is 305 g/mol. The molecule has 0 aliphatic heterocycles. The molecule has 0 saturated carbocycles. The predicted octanol–water partition coefficient (Wildman–Crippen LogP) is 0.917. The highest BCUT2D eigenvalue weighted by molar-refractivity contribution is 5.91. The van der Waals surface area contributed by atoms with Gasteiger partial charge in [0.2, 0.25) is 5.91 Å². The zero-order valence-electron chi connectivity index (χ0n) is 12.2. The van der Waals surface area contributed by atoms with Crippen LogP contribution in [0.1, 0.15) is 11.1 Å². The van der Waals surface area contributed by atoms with Crippen LogP contribution in [0.15, 0.2) is 42.5 Å². The normalized spacial score (nSPS) is 12.6. The molecule has 1 atom stereocenters. The number of carboxylic acids is 1. The molecule has 118 valence electrons. The van der Waals surface area contributed by atoms with E-state index in [2.05, 4.69) is 5.32 Å². The van der Waals surface area contributed by atoms with E-state index in [9.17, 15) is 19.8 Å². The van der Waals surface area contributed by atoms with Crippen molar-refractivity contribution in [2.24, 2.45) is 0 Å². The summed E-state index contributed by atoms with van der Waals surface area (Å²) in [5.41, 5.74) is 1.34. The predicted molar refractivity (Wildman–Crippen MR) is 81.5 cm³/mol. The lowest BCUT2D eigenvalue weighted by Gasteiger charge is -2.14. The monoisotopic (exact) mass is 305 g/mol. The fourth-order valence-corrected chi connectivity index (χ4v) is 1.78. The number of aliphatic carboxylic acids is 1. The van der Waals surface area contributed by atoms with Gasteiger partial charge >= 0.3 is 5.97 Å². The van der Waals surface area contributed by atoms with Crippen LogP contribution >= 0.6 is 0 Å². The molecule has 1 amide bonds. The van der Waals surface area contributed by atoms with Crippen LogP contribution < -0.4 is 5.32 Å². The van der Waals surface area contributed by atoms with E-state index in [1.54, 1.807) is 19.1 Å². The number of amides is 1. The molecule has 1 rings (SSSR count). The minimum Gasteiger partial charge on any atom is -0.508 e. The van der Waals surface area contributed by atoms with Crippen LogP contribution in [0.25, 0.3) is 0 Å². The summed E-state index contributed by atoms with van der Waals surface area (Å²) in [6.07, 6.45) is 5.64. The second kappa shape index (κ2) is 8.63. The van der Waals surface area contributed by atoms with Crippen molar-refractivity contribution in [3.8, 4) is 5.75 Å². The van der Waals surface area contributed by atoms with Crippen LogP contribution in [-0.2, 0) is 16.0 Å². The van der Waals surface area contributed by atoms with E-state index in [0.717, 1.165) is 0 Å². The van der Waals surface area contributed by atoms with E-state index in [1.165, 1.54) is 30.4 Å². The van der Waals surface area contributed by atoms with Crippen LogP contribution in [0.5, 0.6) is 5.75 Å². The van der Waals surface area contributed by atoms with Gasteiger partial charge in [-0.2, -0.15) is 0 Å². The summed E-state index contributed by atoms with van der Waals surface area (Å²) in [5, 5.41) is 29.6. The number of aryl methyl sites for hydroxylation is 1. The van der Waals surface area contributed by atoms with Crippen LogP contribution in [0, 0.1) is 6.92 Å². The maximum atomic E-state index is 11.6. The summed E-state index contributed by atoms with van der Waals surface area (Å²) in [5.74, 6) is -1.54. The minimum absolute atomic E-state index is 0.114. The van der Waals surface area contributed by atoms with Gasteiger partial charge in [0, 0.05) is 12.5 Å². The van der Waals surface area contributed by atoms with Crippen molar-refractivity contribution in [3.63, 3.8) is 0 Å². The fraction of sp³-hybridized carbons (Fsp3) is 0.250. The molecule has 0 aliphatic carbocycles. The summed E-state index contributed by atoms with van der Waals surface area (Å²) in [6, 6.07) is 3.72. The first-order valence-electron chi connectivity index (χ1n) is 6.70. The smallest absolute Gasteiger partial charge is 0.326 e. The summed E-state index contributed by atoms with van der Waals surface area (Å²) in [7, 11) is 0. The van der Waals surface area contributed by atoms with Crippen LogP contribution in [-0.4, -0.2) is 39.8 Å². The Morgan fingerprint density at radius 2 is 2.05 bits per heavy atom. The number of phenols is 1. The lowest BCUT2D eigenvalue weighted by molar-refractivity contribution is -0.141. The quantitative estimate of drug-likeness (QED) is 0.442. The van der Waals surface area contributed by atoms with Crippen LogP contribution in [0.3, 0.4) is 0 Å². The number of allylic oxidation sites excluding steroid dienone is 2. The third-order valence-electron chi connectivity index (χ3n) is 2.92. The highest BCUT2D eigenvalue weighted by atomic mass is 16.4. The summed E-state index contributed by atoms with van der Waals surface area (Å²) < 4.78 is 0. The lowest BCUT2D eigenvalue weighted by Crippen LogP contribution is -2.41. The van der Waals surface area contributed by atoms with Gasteiger partial charge in [-0.1, -0.05) is 30.4 Å². The molecule has 0 bridgehead atoms. The fourth-order valence-electron chi connectivity index (χ4n) is 1.78. The van der Waals surface area contributed by atoms with Crippen LogP contribution in [0.2, 0.25) is 0 Å². The number of carbonyl (C=O) groups excluding carboxylic acids is 1. The number of phenolic OH excluding ortho intramolecular Hbond substituents is 1. The van der Waals surface area contributed by atoms with Gasteiger partial charge in [-0.25, -0.2) is 4.79 Å². The molecule has 6 nitrogen and oxygen atoms in total. The Balaban J connectivity index is 2.71. The Hall–Kier alpha value is -2.60. The Bertz CT molecular complexity index is 592. The molecule has 0 spiro atoms. The van der Waals surface area contributed by atoms with E-state index in [4.69, 9.17) is 5.11 Å². The summed E-state index contributed by atoms with van der Waals surface area (Å²) >= 11 is 0. The molecule has 0 aromatic heterocycles. The number of hydrogen-bond donors (Lipinski definition) is 4. The van der Waals surface area contributed by atoms with E-state index in [-0.39, 0.29) is 18.8 Å². The zero-order valence-corrected chi connectivity index (χ0v) is 12.2. The topological polar surface area (TPSA) is 107 Å². The van der Waals surface area contributed by atoms with Crippen molar-refractivity contribution in [3.05, 3.63) is 53.6 Å². The maximum Gasteiger partial charge on any atom is 0.326 e. The molecule has 0 heterocycles. The third-order valence-corrected chi connectivity index (χ3v) is 2.92. The zero-order chi connectivity index (χ0) is 16.5.